The van der Waals surface area contributed by atoms with E-state index in [1.54, 1.807) is 36.4 Å². The number of non-ortho nitro benzene ring substituents is 1. The number of nitro groups is 1. The van der Waals surface area contributed by atoms with Gasteiger partial charge < -0.3 is 10.1 Å². The van der Waals surface area contributed by atoms with E-state index in [4.69, 9.17) is 4.74 Å². The molecule has 2 aromatic rings. The van der Waals surface area contributed by atoms with E-state index >= 15 is 0 Å². The molecule has 20 heavy (non-hydrogen) atoms. The highest BCUT2D eigenvalue weighted by Crippen LogP contribution is 2.29. The van der Waals surface area contributed by atoms with E-state index in [1.807, 2.05) is 0 Å². The number of nitrogens with zero attached hydrogens (tertiary/aromatic N) is 1. The molecule has 0 fully saturated rings. The molecule has 3 rings (SSSR count). The third kappa shape index (κ3) is 2.07. The van der Waals surface area contributed by atoms with Crippen LogP contribution in [0.25, 0.3) is 0 Å². The van der Waals surface area contributed by atoms with Crippen LogP contribution in [-0.4, -0.2) is 10.8 Å². The van der Waals surface area contributed by atoms with Gasteiger partial charge in [0.15, 0.2) is 6.23 Å². The summed E-state index contributed by atoms with van der Waals surface area (Å²) < 4.78 is 5.67. The fraction of sp³-hybridized carbons (Fsp3) is 0.0714. The van der Waals surface area contributed by atoms with Crippen molar-refractivity contribution in [3.05, 3.63) is 69.8 Å². The van der Waals surface area contributed by atoms with Crippen molar-refractivity contribution in [2.75, 3.05) is 0 Å². The number of hydrogen-bond acceptors (Lipinski definition) is 4. The first-order valence-corrected chi connectivity index (χ1v) is 5.96. The normalized spacial score (nSPS) is 16.8. The Balaban J connectivity index is 1.95. The maximum Gasteiger partial charge on any atom is 0.269 e. The fourth-order valence-electron chi connectivity index (χ4n) is 2.06. The number of hydrogen-bond donors (Lipinski definition) is 1. The minimum absolute atomic E-state index is 0.0424. The Labute approximate surface area is 114 Å². The summed E-state index contributed by atoms with van der Waals surface area (Å²) in [5.74, 6) is 0.205. The standard InChI is InChI=1S/C14H10N2O4/c17-13-11-6-1-2-7-12(11)20-14(15-13)9-4-3-5-10(8-9)16(18)19/h1-8,14H,(H,15,17)/t14-/m0/s1. The first kappa shape index (κ1) is 12.2. The molecule has 1 N–H and O–H groups in total. The van der Waals surface area contributed by atoms with E-state index in [9.17, 15) is 14.9 Å². The smallest absolute Gasteiger partial charge is 0.269 e. The van der Waals surface area contributed by atoms with E-state index < -0.39 is 11.2 Å². The second kappa shape index (κ2) is 4.65. The first-order valence-electron chi connectivity index (χ1n) is 5.96. The molecule has 1 aliphatic heterocycles. The van der Waals surface area contributed by atoms with Crippen LogP contribution in [-0.2, 0) is 0 Å². The van der Waals surface area contributed by atoms with Gasteiger partial charge in [-0.25, -0.2) is 0 Å². The van der Waals surface area contributed by atoms with Gasteiger partial charge in [-0.3, -0.25) is 14.9 Å². The van der Waals surface area contributed by atoms with Crippen LogP contribution < -0.4 is 10.1 Å². The van der Waals surface area contributed by atoms with Crippen molar-refractivity contribution in [3.63, 3.8) is 0 Å². The molecule has 1 aliphatic rings. The van der Waals surface area contributed by atoms with E-state index in [2.05, 4.69) is 5.32 Å². The van der Waals surface area contributed by atoms with Crippen LogP contribution in [0.1, 0.15) is 22.1 Å². The molecule has 0 bridgehead atoms. The van der Waals surface area contributed by atoms with Crippen LogP contribution in [0.15, 0.2) is 48.5 Å². The van der Waals surface area contributed by atoms with E-state index in [1.165, 1.54) is 12.1 Å². The summed E-state index contributed by atoms with van der Waals surface area (Å²) in [5, 5.41) is 13.4. The summed E-state index contributed by atoms with van der Waals surface area (Å²) in [4.78, 5) is 22.3. The van der Waals surface area contributed by atoms with Crippen molar-refractivity contribution in [1.29, 1.82) is 0 Å². The number of nitrogens with one attached hydrogen (secondary N) is 1. The number of fused-ring (bicyclic) bond motifs is 1. The van der Waals surface area contributed by atoms with Crippen LogP contribution in [0.2, 0.25) is 0 Å². The maximum absolute atomic E-state index is 12.0. The Hall–Kier alpha value is -2.89. The second-order valence-electron chi connectivity index (χ2n) is 4.32. The molecule has 0 unspecified atom stereocenters. The SMILES string of the molecule is O=C1N[C@H](c2cccc([N+](=O)[O-])c2)Oc2ccccc21. The molecule has 1 amide bonds. The van der Waals surface area contributed by atoms with Crippen LogP contribution in [0.4, 0.5) is 5.69 Å². The molecule has 0 saturated carbocycles. The zero-order valence-electron chi connectivity index (χ0n) is 10.3. The Morgan fingerprint density at radius 3 is 2.75 bits per heavy atom. The van der Waals surface area contributed by atoms with E-state index in [0.29, 0.717) is 16.9 Å². The largest absolute Gasteiger partial charge is 0.466 e. The average molecular weight is 270 g/mol. The van der Waals surface area contributed by atoms with Crippen molar-refractivity contribution < 1.29 is 14.5 Å². The molecule has 1 heterocycles. The van der Waals surface area contributed by atoms with Gasteiger partial charge >= 0.3 is 0 Å². The van der Waals surface area contributed by atoms with Gasteiger partial charge in [0.25, 0.3) is 11.6 Å². The first-order chi connectivity index (χ1) is 9.65. The predicted molar refractivity (Wildman–Crippen MR) is 70.4 cm³/mol. The molecule has 6 nitrogen and oxygen atoms in total. The molecule has 0 aliphatic carbocycles. The molecule has 0 spiro atoms. The summed E-state index contributed by atoms with van der Waals surface area (Å²) in [6.45, 7) is 0. The molecule has 100 valence electrons. The number of ether oxygens (including phenoxy) is 1. The van der Waals surface area contributed by atoms with E-state index in [-0.39, 0.29) is 11.6 Å². The highest BCUT2D eigenvalue weighted by molar-refractivity contribution is 5.97. The molecular formula is C14H10N2O4. The van der Waals surface area contributed by atoms with Crippen molar-refractivity contribution in [3.8, 4) is 5.75 Å². The monoisotopic (exact) mass is 270 g/mol. The number of para-hydroxylation sites is 1. The second-order valence-corrected chi connectivity index (χ2v) is 4.32. The number of carbonyl (C=O) groups is 1. The number of benzene rings is 2. The quantitative estimate of drug-likeness (QED) is 0.671. The van der Waals surface area contributed by atoms with Crippen LogP contribution in [0.5, 0.6) is 5.75 Å². The maximum atomic E-state index is 12.0. The topological polar surface area (TPSA) is 81.5 Å². The third-order valence-electron chi connectivity index (χ3n) is 3.02. The fourth-order valence-corrected chi connectivity index (χ4v) is 2.06. The molecular weight excluding hydrogens is 260 g/mol. The number of nitro benzene ring substituents is 1. The Morgan fingerprint density at radius 1 is 1.15 bits per heavy atom. The lowest BCUT2D eigenvalue weighted by Crippen LogP contribution is -2.36. The average Bonchev–Trinajstić information content (AvgIpc) is 2.47. The van der Waals surface area contributed by atoms with Gasteiger partial charge in [-0.1, -0.05) is 24.3 Å². The summed E-state index contributed by atoms with van der Waals surface area (Å²) in [7, 11) is 0. The predicted octanol–water partition coefficient (Wildman–Crippen LogP) is 2.42. The number of rotatable bonds is 2. The lowest BCUT2D eigenvalue weighted by molar-refractivity contribution is -0.385. The van der Waals surface area contributed by atoms with Gasteiger partial charge in [0.2, 0.25) is 0 Å². The Kier molecular flexibility index (Phi) is 2.83. The van der Waals surface area contributed by atoms with E-state index in [0.717, 1.165) is 0 Å². The lowest BCUT2D eigenvalue weighted by Gasteiger charge is -2.26. The minimum atomic E-state index is -0.725. The third-order valence-corrected chi connectivity index (χ3v) is 3.02. The van der Waals surface area contributed by atoms with Crippen molar-refractivity contribution in [2.24, 2.45) is 0 Å². The van der Waals surface area contributed by atoms with Crippen LogP contribution >= 0.6 is 0 Å². The van der Waals surface area contributed by atoms with Gasteiger partial charge in [-0.2, -0.15) is 0 Å². The molecule has 2 aromatic carbocycles. The summed E-state index contributed by atoms with van der Waals surface area (Å²) in [6.07, 6.45) is -0.725. The molecule has 0 radical (unpaired) electrons. The van der Waals surface area contributed by atoms with Gasteiger partial charge in [0.1, 0.15) is 5.75 Å². The van der Waals surface area contributed by atoms with Crippen molar-refractivity contribution in [1.82, 2.24) is 5.32 Å². The summed E-state index contributed by atoms with van der Waals surface area (Å²) >= 11 is 0. The minimum Gasteiger partial charge on any atom is -0.466 e. The lowest BCUT2D eigenvalue weighted by atomic mass is 10.1. The van der Waals surface area contributed by atoms with Gasteiger partial charge in [-0.05, 0) is 12.1 Å². The molecule has 6 heteroatoms. The van der Waals surface area contributed by atoms with Crippen molar-refractivity contribution >= 4 is 11.6 Å². The van der Waals surface area contributed by atoms with Gasteiger partial charge in [0, 0.05) is 17.7 Å². The number of amides is 1. The Bertz CT molecular complexity index is 699. The van der Waals surface area contributed by atoms with Crippen molar-refractivity contribution in [2.45, 2.75) is 6.23 Å². The molecule has 0 aromatic heterocycles. The highest BCUT2D eigenvalue weighted by Gasteiger charge is 2.26. The van der Waals surface area contributed by atoms with Gasteiger partial charge in [0.05, 0.1) is 10.5 Å². The highest BCUT2D eigenvalue weighted by atomic mass is 16.6. The summed E-state index contributed by atoms with van der Waals surface area (Å²) in [6, 6.07) is 12.9. The summed E-state index contributed by atoms with van der Waals surface area (Å²) in [5.41, 5.74) is 0.940. The zero-order valence-corrected chi connectivity index (χ0v) is 10.3. The zero-order chi connectivity index (χ0) is 14.1. The van der Waals surface area contributed by atoms with Gasteiger partial charge in [-0.15, -0.1) is 0 Å². The van der Waals surface area contributed by atoms with Crippen LogP contribution in [0.3, 0.4) is 0 Å². The number of carbonyl (C=O) groups excluding carboxylic acids is 1. The Morgan fingerprint density at radius 2 is 1.95 bits per heavy atom. The van der Waals surface area contributed by atoms with Crippen LogP contribution in [0, 0.1) is 10.1 Å². The molecule has 1 atom stereocenters. The molecule has 0 saturated heterocycles.